The number of nitrogens with zero attached hydrogens (tertiary/aromatic N) is 3. The van der Waals surface area contributed by atoms with Crippen LogP contribution in [0, 0.1) is 5.92 Å². The molecule has 1 atom stereocenters. The monoisotopic (exact) mass is 236 g/mol. The van der Waals surface area contributed by atoms with Crippen LogP contribution >= 0.6 is 0 Å². The lowest BCUT2D eigenvalue weighted by Crippen LogP contribution is -2.34. The Balaban J connectivity index is 1.98. The molecule has 0 radical (unpaired) electrons. The molecule has 1 unspecified atom stereocenters. The van der Waals surface area contributed by atoms with E-state index in [2.05, 4.69) is 36.2 Å². The highest BCUT2D eigenvalue weighted by Gasteiger charge is 2.31. The van der Waals surface area contributed by atoms with Crippen molar-refractivity contribution >= 4 is 0 Å². The third-order valence-electron chi connectivity index (χ3n) is 3.39. The fourth-order valence-corrected chi connectivity index (χ4v) is 2.28. The summed E-state index contributed by atoms with van der Waals surface area (Å²) < 4.78 is 2.04. The second-order valence-corrected chi connectivity index (χ2v) is 5.32. The lowest BCUT2D eigenvalue weighted by molar-refractivity contribution is 0.425. The molecular formula is C13H24N4. The van der Waals surface area contributed by atoms with E-state index >= 15 is 0 Å². The molecule has 1 aromatic heterocycles. The summed E-state index contributed by atoms with van der Waals surface area (Å²) >= 11 is 0. The normalized spacial score (nSPS) is 17.6. The zero-order valence-electron chi connectivity index (χ0n) is 11.2. The average Bonchev–Trinajstić information content (AvgIpc) is 3.03. The highest BCUT2D eigenvalue weighted by atomic mass is 15.3. The maximum atomic E-state index is 4.41. The molecule has 0 aliphatic heterocycles. The standard InChI is InChI=1S/C13H24N4/c1-4-7-14-12(11-5-6-11)8-13-15-9-16-17(13)10(2)3/h9-12,14H,4-8H2,1-3H3. The lowest BCUT2D eigenvalue weighted by atomic mass is 10.1. The van der Waals surface area contributed by atoms with Gasteiger partial charge in [0.15, 0.2) is 0 Å². The highest BCUT2D eigenvalue weighted by Crippen LogP contribution is 2.34. The molecule has 1 saturated carbocycles. The zero-order valence-corrected chi connectivity index (χ0v) is 11.2. The van der Waals surface area contributed by atoms with Crippen molar-refractivity contribution in [3.8, 4) is 0 Å². The van der Waals surface area contributed by atoms with E-state index in [1.165, 1.54) is 19.3 Å². The van der Waals surface area contributed by atoms with Gasteiger partial charge in [0.05, 0.1) is 0 Å². The van der Waals surface area contributed by atoms with Crippen molar-refractivity contribution in [1.29, 1.82) is 0 Å². The van der Waals surface area contributed by atoms with Crippen molar-refractivity contribution in [1.82, 2.24) is 20.1 Å². The molecule has 0 aromatic carbocycles. The minimum absolute atomic E-state index is 0.401. The molecule has 1 aliphatic carbocycles. The first-order valence-electron chi connectivity index (χ1n) is 6.84. The van der Waals surface area contributed by atoms with Crippen LogP contribution < -0.4 is 5.32 Å². The Bertz CT molecular complexity index is 341. The quantitative estimate of drug-likeness (QED) is 0.789. The van der Waals surface area contributed by atoms with Crippen LogP contribution in [0.25, 0.3) is 0 Å². The molecule has 1 aliphatic rings. The lowest BCUT2D eigenvalue weighted by Gasteiger charge is -2.18. The van der Waals surface area contributed by atoms with Crippen LogP contribution in [0.5, 0.6) is 0 Å². The Hall–Kier alpha value is -0.900. The predicted octanol–water partition coefficient (Wildman–Crippen LogP) is 2.18. The van der Waals surface area contributed by atoms with Gasteiger partial charge in [-0.2, -0.15) is 5.10 Å². The Kier molecular flexibility index (Phi) is 4.15. The van der Waals surface area contributed by atoms with Crippen molar-refractivity contribution in [2.45, 2.75) is 58.5 Å². The molecule has 17 heavy (non-hydrogen) atoms. The van der Waals surface area contributed by atoms with Crippen LogP contribution in [-0.2, 0) is 6.42 Å². The van der Waals surface area contributed by atoms with E-state index in [4.69, 9.17) is 0 Å². The summed E-state index contributed by atoms with van der Waals surface area (Å²) in [6, 6.07) is 0.996. The van der Waals surface area contributed by atoms with Crippen LogP contribution in [-0.4, -0.2) is 27.4 Å². The van der Waals surface area contributed by atoms with Crippen LogP contribution in [0.15, 0.2) is 6.33 Å². The first-order valence-corrected chi connectivity index (χ1v) is 6.84. The van der Waals surface area contributed by atoms with Gasteiger partial charge in [0, 0.05) is 18.5 Å². The van der Waals surface area contributed by atoms with Gasteiger partial charge in [-0.05, 0) is 45.6 Å². The second-order valence-electron chi connectivity index (χ2n) is 5.32. The fraction of sp³-hybridized carbons (Fsp3) is 0.846. The van der Waals surface area contributed by atoms with E-state index in [9.17, 15) is 0 Å². The topological polar surface area (TPSA) is 42.7 Å². The summed E-state index contributed by atoms with van der Waals surface area (Å²) in [7, 11) is 0. The molecule has 2 rings (SSSR count). The van der Waals surface area contributed by atoms with E-state index in [-0.39, 0.29) is 0 Å². The number of hydrogen-bond acceptors (Lipinski definition) is 3. The first kappa shape index (κ1) is 12.6. The third-order valence-corrected chi connectivity index (χ3v) is 3.39. The summed E-state index contributed by atoms with van der Waals surface area (Å²) in [5.74, 6) is 1.99. The van der Waals surface area contributed by atoms with Crippen molar-refractivity contribution in [3.63, 3.8) is 0 Å². The SMILES string of the molecule is CCCNC(Cc1ncnn1C(C)C)C1CC1. The number of rotatable bonds is 7. The largest absolute Gasteiger partial charge is 0.313 e. The van der Waals surface area contributed by atoms with Crippen LogP contribution in [0.2, 0.25) is 0 Å². The summed E-state index contributed by atoms with van der Waals surface area (Å²) in [6.45, 7) is 7.64. The molecule has 0 amide bonds. The summed E-state index contributed by atoms with van der Waals surface area (Å²) in [4.78, 5) is 4.41. The van der Waals surface area contributed by atoms with Crippen LogP contribution in [0.4, 0.5) is 0 Å². The molecule has 1 N–H and O–H groups in total. The van der Waals surface area contributed by atoms with Gasteiger partial charge in [0.25, 0.3) is 0 Å². The number of nitrogens with one attached hydrogen (secondary N) is 1. The molecule has 4 heteroatoms. The van der Waals surface area contributed by atoms with Gasteiger partial charge in [0.1, 0.15) is 12.2 Å². The van der Waals surface area contributed by atoms with Gasteiger partial charge in [0.2, 0.25) is 0 Å². The summed E-state index contributed by atoms with van der Waals surface area (Å²) in [6.07, 6.45) is 6.64. The Morgan fingerprint density at radius 3 is 2.82 bits per heavy atom. The third kappa shape index (κ3) is 3.28. The minimum Gasteiger partial charge on any atom is -0.313 e. The van der Waals surface area contributed by atoms with Crippen molar-refractivity contribution in [2.24, 2.45) is 5.92 Å². The van der Waals surface area contributed by atoms with Crippen molar-refractivity contribution < 1.29 is 0 Å². The molecule has 1 aromatic rings. The van der Waals surface area contributed by atoms with Crippen molar-refractivity contribution in [2.75, 3.05) is 6.54 Å². The fourth-order valence-electron chi connectivity index (χ4n) is 2.28. The number of aromatic nitrogens is 3. The van der Waals surface area contributed by atoms with E-state index < -0.39 is 0 Å². The van der Waals surface area contributed by atoms with Gasteiger partial charge < -0.3 is 5.32 Å². The predicted molar refractivity (Wildman–Crippen MR) is 68.9 cm³/mol. The van der Waals surface area contributed by atoms with E-state index in [0.717, 1.165) is 24.7 Å². The van der Waals surface area contributed by atoms with Gasteiger partial charge in [-0.25, -0.2) is 9.67 Å². The molecule has 0 saturated heterocycles. The van der Waals surface area contributed by atoms with Gasteiger partial charge in [-0.1, -0.05) is 6.92 Å². The van der Waals surface area contributed by atoms with Crippen LogP contribution in [0.3, 0.4) is 0 Å². The van der Waals surface area contributed by atoms with Gasteiger partial charge in [-0.15, -0.1) is 0 Å². The Morgan fingerprint density at radius 1 is 1.47 bits per heavy atom. The van der Waals surface area contributed by atoms with Gasteiger partial charge >= 0.3 is 0 Å². The smallest absolute Gasteiger partial charge is 0.138 e. The maximum Gasteiger partial charge on any atom is 0.138 e. The van der Waals surface area contributed by atoms with E-state index in [1.807, 2.05) is 4.68 Å². The average molecular weight is 236 g/mol. The molecule has 4 nitrogen and oxygen atoms in total. The summed E-state index contributed by atoms with van der Waals surface area (Å²) in [5, 5.41) is 7.96. The first-order chi connectivity index (χ1) is 8.22. The van der Waals surface area contributed by atoms with Gasteiger partial charge in [-0.3, -0.25) is 0 Å². The minimum atomic E-state index is 0.401. The molecule has 0 bridgehead atoms. The zero-order chi connectivity index (χ0) is 12.3. The van der Waals surface area contributed by atoms with Crippen LogP contribution in [0.1, 0.15) is 51.9 Å². The highest BCUT2D eigenvalue weighted by molar-refractivity contribution is 4.96. The second kappa shape index (κ2) is 5.63. The maximum absolute atomic E-state index is 4.41. The molecule has 1 fully saturated rings. The van der Waals surface area contributed by atoms with E-state index in [0.29, 0.717) is 12.1 Å². The Morgan fingerprint density at radius 2 is 2.24 bits per heavy atom. The van der Waals surface area contributed by atoms with Crippen molar-refractivity contribution in [3.05, 3.63) is 12.2 Å². The molecular weight excluding hydrogens is 212 g/mol. The molecule has 1 heterocycles. The number of hydrogen-bond donors (Lipinski definition) is 1. The molecule has 96 valence electrons. The summed E-state index contributed by atoms with van der Waals surface area (Å²) in [5.41, 5.74) is 0. The van der Waals surface area contributed by atoms with E-state index in [1.54, 1.807) is 6.33 Å². The Labute approximate surface area is 104 Å². The molecule has 0 spiro atoms.